The number of methoxy groups -OCH3 is 1. The predicted molar refractivity (Wildman–Crippen MR) is 129 cm³/mol. The summed E-state index contributed by atoms with van der Waals surface area (Å²) in [4.78, 5) is 6.85. The Bertz CT molecular complexity index is 826. The van der Waals surface area contributed by atoms with Crippen molar-refractivity contribution in [1.82, 2.24) is 4.90 Å². The van der Waals surface area contributed by atoms with Crippen LogP contribution in [-0.2, 0) is 13.1 Å². The van der Waals surface area contributed by atoms with Gasteiger partial charge in [-0.15, -0.1) is 24.0 Å². The highest BCUT2D eigenvalue weighted by molar-refractivity contribution is 14.0. The predicted octanol–water partition coefficient (Wildman–Crippen LogP) is 3.85. The van der Waals surface area contributed by atoms with E-state index in [2.05, 4.69) is 27.3 Å². The summed E-state index contributed by atoms with van der Waals surface area (Å²) in [6.07, 6.45) is 1.51. The highest BCUT2D eigenvalue weighted by atomic mass is 127. The molecular formula is C21H28ClIN4O2. The maximum Gasteiger partial charge on any atom is 0.193 e. The van der Waals surface area contributed by atoms with E-state index < -0.39 is 0 Å². The molecule has 0 spiro atoms. The summed E-state index contributed by atoms with van der Waals surface area (Å²) >= 11 is 6.14. The van der Waals surface area contributed by atoms with Crippen LogP contribution in [0, 0.1) is 0 Å². The number of aliphatic hydroxyl groups excluding tert-OH is 1. The maximum atomic E-state index is 9.68. The molecule has 4 N–H and O–H groups in total. The fourth-order valence-corrected chi connectivity index (χ4v) is 3.54. The summed E-state index contributed by atoms with van der Waals surface area (Å²) in [5.41, 5.74) is 9.19. The molecule has 3 rings (SSSR count). The molecule has 0 bridgehead atoms. The number of piperidine rings is 1. The minimum absolute atomic E-state index is 0. The van der Waals surface area contributed by atoms with Crippen molar-refractivity contribution in [3.63, 3.8) is 0 Å². The van der Waals surface area contributed by atoms with Gasteiger partial charge in [-0.2, -0.15) is 0 Å². The van der Waals surface area contributed by atoms with E-state index in [0.717, 1.165) is 43.7 Å². The van der Waals surface area contributed by atoms with Gasteiger partial charge in [0.1, 0.15) is 5.75 Å². The number of aliphatic hydroxyl groups is 1. The number of likely N-dealkylation sites (tertiary alicyclic amines) is 1. The summed E-state index contributed by atoms with van der Waals surface area (Å²) in [5, 5.41) is 13.3. The quantitative estimate of drug-likeness (QED) is 0.300. The van der Waals surface area contributed by atoms with Crippen molar-refractivity contribution in [3.8, 4) is 5.75 Å². The highest BCUT2D eigenvalue weighted by Crippen LogP contribution is 2.27. The van der Waals surface area contributed by atoms with Crippen molar-refractivity contribution in [2.24, 2.45) is 10.7 Å². The number of ether oxygens (including phenoxy) is 1. The number of hydrogen-bond donors (Lipinski definition) is 3. The zero-order valence-corrected chi connectivity index (χ0v) is 19.6. The number of guanidine groups is 1. The van der Waals surface area contributed by atoms with E-state index in [-0.39, 0.29) is 30.1 Å². The molecule has 1 aliphatic heterocycles. The van der Waals surface area contributed by atoms with Gasteiger partial charge in [0.15, 0.2) is 5.96 Å². The second-order valence-corrected chi connectivity index (χ2v) is 7.36. The first-order valence-corrected chi connectivity index (χ1v) is 9.80. The molecule has 0 saturated carbocycles. The molecule has 8 heteroatoms. The van der Waals surface area contributed by atoms with Crippen LogP contribution in [-0.4, -0.2) is 42.3 Å². The molecule has 0 atom stereocenters. The number of aliphatic imine (C=N–C) groups is 1. The number of anilines is 1. The van der Waals surface area contributed by atoms with Crippen LogP contribution in [0.3, 0.4) is 0 Å². The highest BCUT2D eigenvalue weighted by Gasteiger charge is 2.17. The first-order valence-electron chi connectivity index (χ1n) is 9.43. The minimum Gasteiger partial charge on any atom is -0.495 e. The Morgan fingerprint density at radius 2 is 1.93 bits per heavy atom. The Balaban J connectivity index is 0.00000300. The summed E-state index contributed by atoms with van der Waals surface area (Å²) in [5.74, 6) is 0.944. The molecule has 0 aromatic heterocycles. The lowest BCUT2D eigenvalue weighted by Crippen LogP contribution is -2.35. The number of hydrogen-bond acceptors (Lipinski definition) is 4. The van der Waals surface area contributed by atoms with Gasteiger partial charge in [0, 0.05) is 25.3 Å². The van der Waals surface area contributed by atoms with Gasteiger partial charge in [0.05, 0.1) is 24.8 Å². The lowest BCUT2D eigenvalue weighted by atomic mass is 10.0. The smallest absolute Gasteiger partial charge is 0.193 e. The van der Waals surface area contributed by atoms with E-state index in [9.17, 15) is 5.11 Å². The Morgan fingerprint density at radius 3 is 2.59 bits per heavy atom. The molecule has 1 fully saturated rings. The maximum absolute atomic E-state index is 9.68. The molecule has 0 amide bonds. The summed E-state index contributed by atoms with van der Waals surface area (Å²) in [7, 11) is 1.58. The van der Waals surface area contributed by atoms with Gasteiger partial charge < -0.3 is 20.9 Å². The van der Waals surface area contributed by atoms with Gasteiger partial charge in [-0.3, -0.25) is 4.90 Å². The summed E-state index contributed by atoms with van der Waals surface area (Å²) in [6, 6.07) is 13.6. The van der Waals surface area contributed by atoms with Gasteiger partial charge in [0.25, 0.3) is 0 Å². The first-order chi connectivity index (χ1) is 13.5. The largest absolute Gasteiger partial charge is 0.495 e. The Kier molecular flexibility index (Phi) is 9.48. The molecule has 0 aliphatic carbocycles. The standard InChI is InChI=1S/C21H27ClN4O2.HI/c1-28-20-7-6-17(12-19(20)22)25-21(23)24-13-15-4-2-3-5-16(15)14-26-10-8-18(27)9-11-26;/h2-7,12,18,27H,8-11,13-14H2,1H3,(H3,23,24,25);1H. The SMILES string of the molecule is COc1ccc(NC(N)=NCc2ccccc2CN2CCC(O)CC2)cc1Cl.I. The molecule has 1 aliphatic rings. The van der Waals surface area contributed by atoms with E-state index in [4.69, 9.17) is 22.1 Å². The summed E-state index contributed by atoms with van der Waals surface area (Å²) < 4.78 is 5.15. The minimum atomic E-state index is -0.159. The van der Waals surface area contributed by atoms with Gasteiger partial charge >= 0.3 is 0 Å². The molecule has 2 aromatic rings. The van der Waals surface area contributed by atoms with E-state index in [1.807, 2.05) is 18.2 Å². The number of rotatable bonds is 6. The van der Waals surface area contributed by atoms with Crippen molar-refractivity contribution in [3.05, 3.63) is 58.6 Å². The molecule has 2 aromatic carbocycles. The van der Waals surface area contributed by atoms with Crippen LogP contribution >= 0.6 is 35.6 Å². The van der Waals surface area contributed by atoms with Crippen LogP contribution in [0.1, 0.15) is 24.0 Å². The molecule has 29 heavy (non-hydrogen) atoms. The number of halogens is 2. The molecule has 158 valence electrons. The topological polar surface area (TPSA) is 83.1 Å². The molecule has 1 saturated heterocycles. The molecular weight excluding hydrogens is 503 g/mol. The lowest BCUT2D eigenvalue weighted by molar-refractivity contribution is 0.0791. The van der Waals surface area contributed by atoms with E-state index in [1.54, 1.807) is 19.2 Å². The monoisotopic (exact) mass is 530 g/mol. The zero-order valence-electron chi connectivity index (χ0n) is 16.5. The Labute approximate surface area is 194 Å². The zero-order chi connectivity index (χ0) is 19.9. The number of nitrogens with two attached hydrogens (primary N) is 1. The second-order valence-electron chi connectivity index (χ2n) is 6.95. The van der Waals surface area contributed by atoms with Gasteiger partial charge in [-0.05, 0) is 42.2 Å². The fourth-order valence-electron chi connectivity index (χ4n) is 3.29. The lowest BCUT2D eigenvalue weighted by Gasteiger charge is -2.30. The van der Waals surface area contributed by atoms with Crippen LogP contribution in [0.5, 0.6) is 5.75 Å². The molecule has 0 radical (unpaired) electrons. The second kappa shape index (κ2) is 11.6. The summed E-state index contributed by atoms with van der Waals surface area (Å²) in [6.45, 7) is 3.19. The Hall–Kier alpha value is -1.55. The molecule has 1 heterocycles. The van der Waals surface area contributed by atoms with Crippen molar-refractivity contribution in [2.45, 2.75) is 32.0 Å². The normalized spacial score (nSPS) is 15.6. The van der Waals surface area contributed by atoms with E-state index in [1.165, 1.54) is 5.56 Å². The Morgan fingerprint density at radius 1 is 1.24 bits per heavy atom. The number of benzene rings is 2. The van der Waals surface area contributed by atoms with E-state index >= 15 is 0 Å². The van der Waals surface area contributed by atoms with E-state index in [0.29, 0.717) is 23.3 Å². The van der Waals surface area contributed by atoms with Crippen LogP contribution < -0.4 is 15.8 Å². The first kappa shape index (κ1) is 23.7. The third kappa shape index (κ3) is 7.02. The average Bonchev–Trinajstić information content (AvgIpc) is 2.69. The van der Waals surface area contributed by atoms with Crippen LogP contribution in [0.2, 0.25) is 5.02 Å². The van der Waals surface area contributed by atoms with Crippen LogP contribution in [0.4, 0.5) is 5.69 Å². The third-order valence-electron chi connectivity index (χ3n) is 4.91. The third-order valence-corrected chi connectivity index (χ3v) is 5.21. The molecule has 0 unspecified atom stereocenters. The van der Waals surface area contributed by atoms with Crippen LogP contribution in [0.15, 0.2) is 47.5 Å². The van der Waals surface area contributed by atoms with Crippen molar-refractivity contribution < 1.29 is 9.84 Å². The van der Waals surface area contributed by atoms with Crippen LogP contribution in [0.25, 0.3) is 0 Å². The van der Waals surface area contributed by atoms with Gasteiger partial charge in [-0.1, -0.05) is 35.9 Å². The van der Waals surface area contributed by atoms with Crippen molar-refractivity contribution in [2.75, 3.05) is 25.5 Å². The fraction of sp³-hybridized carbons (Fsp3) is 0.381. The van der Waals surface area contributed by atoms with Gasteiger partial charge in [-0.25, -0.2) is 4.99 Å². The van der Waals surface area contributed by atoms with Crippen molar-refractivity contribution >= 4 is 47.2 Å². The van der Waals surface area contributed by atoms with Gasteiger partial charge in [0.2, 0.25) is 0 Å². The van der Waals surface area contributed by atoms with Crippen molar-refractivity contribution in [1.29, 1.82) is 0 Å². The number of nitrogens with one attached hydrogen (secondary N) is 1. The average molecular weight is 531 g/mol. The molecule has 6 nitrogen and oxygen atoms in total. The number of nitrogens with zero attached hydrogens (tertiary/aromatic N) is 2.